The van der Waals surface area contributed by atoms with Crippen molar-refractivity contribution in [1.82, 2.24) is 4.90 Å². The molecular weight excluding hydrogens is 284 g/mol. The number of carbonyl (C=O) groups excluding carboxylic acids is 1. The first-order valence-corrected chi connectivity index (χ1v) is 8.07. The minimum Gasteiger partial charge on any atom is -0.399 e. The van der Waals surface area contributed by atoms with Crippen LogP contribution in [0.2, 0.25) is 0 Å². The van der Waals surface area contributed by atoms with Gasteiger partial charge in [-0.1, -0.05) is 0 Å². The molecule has 2 aromatic rings. The Hall–Kier alpha value is -1.59. The smallest absolute Gasteiger partial charge is 0.263 e. The molecule has 4 nitrogen and oxygen atoms in total. The van der Waals surface area contributed by atoms with E-state index in [4.69, 9.17) is 10.5 Å². The zero-order valence-corrected chi connectivity index (χ0v) is 13.0. The number of fused-ring (bicyclic) bond motifs is 1. The van der Waals surface area contributed by atoms with Crippen LogP contribution in [0.25, 0.3) is 10.1 Å². The van der Waals surface area contributed by atoms with E-state index in [1.165, 1.54) is 11.3 Å². The zero-order chi connectivity index (χ0) is 14.8. The van der Waals surface area contributed by atoms with Crippen LogP contribution < -0.4 is 5.73 Å². The molecule has 0 aliphatic carbocycles. The summed E-state index contributed by atoms with van der Waals surface area (Å²) in [4.78, 5) is 15.1. The highest BCUT2D eigenvalue weighted by molar-refractivity contribution is 7.20. The summed E-state index contributed by atoms with van der Waals surface area (Å²) in [6.45, 7) is 2.38. The van der Waals surface area contributed by atoms with E-state index in [1.54, 1.807) is 0 Å². The Labute approximate surface area is 128 Å². The highest BCUT2D eigenvalue weighted by Crippen LogP contribution is 2.28. The second-order valence-electron chi connectivity index (χ2n) is 5.68. The Morgan fingerprint density at radius 1 is 1.48 bits per heavy atom. The molecular formula is C16H20N2O2S. The first kappa shape index (κ1) is 14.4. The topological polar surface area (TPSA) is 55.6 Å². The number of nitrogen functional groups attached to an aromatic ring is 1. The average Bonchev–Trinajstić information content (AvgIpc) is 2.90. The van der Waals surface area contributed by atoms with Crippen LogP contribution >= 0.6 is 11.3 Å². The van der Waals surface area contributed by atoms with Crippen LogP contribution in [0.15, 0.2) is 24.3 Å². The van der Waals surface area contributed by atoms with Crippen LogP contribution in [0, 0.1) is 5.92 Å². The summed E-state index contributed by atoms with van der Waals surface area (Å²) >= 11 is 1.53. The fourth-order valence-corrected chi connectivity index (χ4v) is 3.81. The molecule has 1 atom stereocenters. The molecule has 1 saturated heterocycles. The van der Waals surface area contributed by atoms with Crippen molar-refractivity contribution >= 4 is 33.0 Å². The van der Waals surface area contributed by atoms with Gasteiger partial charge in [0.05, 0.1) is 11.5 Å². The highest BCUT2D eigenvalue weighted by Gasteiger charge is 2.20. The van der Waals surface area contributed by atoms with Crippen LogP contribution in [0.4, 0.5) is 5.69 Å². The number of benzene rings is 1. The standard InChI is InChI=1S/C16H20N2O2S/c1-18(9-11-3-2-6-20-10-11)16(19)15-8-12-7-13(17)4-5-14(12)21-15/h4-5,7-8,11H,2-3,6,9-10,17H2,1H3. The fraction of sp³-hybridized carbons (Fsp3) is 0.438. The van der Waals surface area contributed by atoms with Gasteiger partial charge in [0.2, 0.25) is 0 Å². The summed E-state index contributed by atoms with van der Waals surface area (Å²) in [5.74, 6) is 0.540. The number of carbonyl (C=O) groups is 1. The van der Waals surface area contributed by atoms with Crippen LogP contribution in [0.5, 0.6) is 0 Å². The monoisotopic (exact) mass is 304 g/mol. The van der Waals surface area contributed by atoms with Gasteiger partial charge >= 0.3 is 0 Å². The van der Waals surface area contributed by atoms with E-state index in [0.717, 1.165) is 53.3 Å². The third-order valence-electron chi connectivity index (χ3n) is 3.88. The SMILES string of the molecule is CN(CC1CCCOC1)C(=O)c1cc2cc(N)ccc2s1. The number of ether oxygens (including phenoxy) is 1. The Morgan fingerprint density at radius 3 is 3.10 bits per heavy atom. The normalized spacial score (nSPS) is 18.8. The molecule has 2 heterocycles. The third-order valence-corrected chi connectivity index (χ3v) is 4.99. The van der Waals surface area contributed by atoms with Crippen LogP contribution in [0.3, 0.4) is 0 Å². The van der Waals surface area contributed by atoms with Gasteiger partial charge in [0.15, 0.2) is 0 Å². The lowest BCUT2D eigenvalue weighted by Gasteiger charge is -2.26. The van der Waals surface area contributed by atoms with Crippen molar-refractivity contribution in [1.29, 1.82) is 0 Å². The minimum absolute atomic E-state index is 0.0837. The summed E-state index contributed by atoms with van der Waals surface area (Å²) in [6, 6.07) is 7.70. The summed E-state index contributed by atoms with van der Waals surface area (Å²) in [7, 11) is 1.87. The lowest BCUT2D eigenvalue weighted by atomic mass is 10.0. The first-order chi connectivity index (χ1) is 10.1. The number of nitrogens with zero attached hydrogens (tertiary/aromatic N) is 1. The van der Waals surface area contributed by atoms with Gasteiger partial charge in [0, 0.05) is 30.6 Å². The van der Waals surface area contributed by atoms with Gasteiger partial charge in [0.25, 0.3) is 5.91 Å². The number of thiophene rings is 1. The third kappa shape index (κ3) is 3.19. The van der Waals surface area contributed by atoms with Crippen molar-refractivity contribution in [3.8, 4) is 0 Å². The number of rotatable bonds is 3. The molecule has 2 N–H and O–H groups in total. The van der Waals surface area contributed by atoms with Crippen LogP contribution in [-0.4, -0.2) is 37.6 Å². The van der Waals surface area contributed by atoms with Crippen molar-refractivity contribution in [2.45, 2.75) is 12.8 Å². The van der Waals surface area contributed by atoms with E-state index in [-0.39, 0.29) is 5.91 Å². The van der Waals surface area contributed by atoms with Gasteiger partial charge < -0.3 is 15.4 Å². The number of hydrogen-bond donors (Lipinski definition) is 1. The lowest BCUT2D eigenvalue weighted by Crippen LogP contribution is -2.34. The van der Waals surface area contributed by atoms with Crippen LogP contribution in [-0.2, 0) is 4.74 Å². The van der Waals surface area contributed by atoms with Gasteiger partial charge in [0.1, 0.15) is 0 Å². The Bertz CT molecular complexity index is 647. The first-order valence-electron chi connectivity index (χ1n) is 7.26. The zero-order valence-electron chi connectivity index (χ0n) is 12.2. The van der Waals surface area contributed by atoms with Gasteiger partial charge in [-0.3, -0.25) is 4.79 Å². The molecule has 1 amide bonds. The number of amides is 1. The molecule has 0 saturated carbocycles. The van der Waals surface area contributed by atoms with E-state index in [1.807, 2.05) is 36.2 Å². The lowest BCUT2D eigenvalue weighted by molar-refractivity contribution is 0.0390. The summed E-state index contributed by atoms with van der Waals surface area (Å²) < 4.78 is 6.58. The maximum absolute atomic E-state index is 12.5. The average molecular weight is 304 g/mol. The molecule has 1 aliphatic heterocycles. The fourth-order valence-electron chi connectivity index (χ4n) is 2.78. The predicted molar refractivity (Wildman–Crippen MR) is 86.7 cm³/mol. The molecule has 3 rings (SSSR count). The van der Waals surface area contributed by atoms with Crippen LogP contribution in [0.1, 0.15) is 22.5 Å². The van der Waals surface area contributed by atoms with Gasteiger partial charge in [-0.2, -0.15) is 0 Å². The maximum Gasteiger partial charge on any atom is 0.263 e. The second kappa shape index (κ2) is 6.03. The van der Waals surface area contributed by atoms with Gasteiger partial charge in [-0.05, 0) is 48.4 Å². The number of anilines is 1. The van der Waals surface area contributed by atoms with E-state index in [2.05, 4.69) is 0 Å². The van der Waals surface area contributed by atoms with Crippen molar-refractivity contribution in [3.63, 3.8) is 0 Å². The van der Waals surface area contributed by atoms with Gasteiger partial charge in [-0.15, -0.1) is 11.3 Å². The molecule has 0 spiro atoms. The molecule has 21 heavy (non-hydrogen) atoms. The van der Waals surface area contributed by atoms with Crippen molar-refractivity contribution in [3.05, 3.63) is 29.1 Å². The molecule has 0 radical (unpaired) electrons. The Morgan fingerprint density at radius 2 is 2.33 bits per heavy atom. The van der Waals surface area contributed by atoms with Crippen molar-refractivity contribution < 1.29 is 9.53 Å². The summed E-state index contributed by atoms with van der Waals surface area (Å²) in [5, 5.41) is 1.04. The maximum atomic E-state index is 12.5. The Kier molecular flexibility index (Phi) is 4.12. The minimum atomic E-state index is 0.0837. The molecule has 1 unspecified atom stereocenters. The van der Waals surface area contributed by atoms with Crippen molar-refractivity contribution in [2.24, 2.45) is 5.92 Å². The van der Waals surface area contributed by atoms with E-state index in [0.29, 0.717) is 5.92 Å². The second-order valence-corrected chi connectivity index (χ2v) is 6.76. The molecule has 1 aliphatic rings. The molecule has 1 fully saturated rings. The highest BCUT2D eigenvalue weighted by atomic mass is 32.1. The Balaban J connectivity index is 1.72. The van der Waals surface area contributed by atoms with E-state index < -0.39 is 0 Å². The quantitative estimate of drug-likeness (QED) is 0.887. The van der Waals surface area contributed by atoms with E-state index in [9.17, 15) is 4.79 Å². The number of nitrogens with two attached hydrogens (primary N) is 1. The molecule has 5 heteroatoms. The largest absolute Gasteiger partial charge is 0.399 e. The summed E-state index contributed by atoms with van der Waals surface area (Å²) in [5.41, 5.74) is 6.52. The predicted octanol–water partition coefficient (Wildman–Crippen LogP) is 2.98. The molecule has 1 aromatic heterocycles. The van der Waals surface area contributed by atoms with Gasteiger partial charge in [-0.25, -0.2) is 0 Å². The molecule has 0 bridgehead atoms. The van der Waals surface area contributed by atoms with E-state index >= 15 is 0 Å². The molecule has 1 aromatic carbocycles. The summed E-state index contributed by atoms with van der Waals surface area (Å²) in [6.07, 6.45) is 2.23. The number of hydrogen-bond acceptors (Lipinski definition) is 4. The van der Waals surface area contributed by atoms with Crippen molar-refractivity contribution in [2.75, 3.05) is 32.5 Å². The molecule has 112 valence electrons.